The minimum atomic E-state index is -0.463. The van der Waals surface area contributed by atoms with Crippen molar-refractivity contribution in [2.45, 2.75) is 38.2 Å². The molecule has 0 radical (unpaired) electrons. The first-order valence-corrected chi connectivity index (χ1v) is 5.01. The Bertz CT molecular complexity index is 231. The molecule has 78 valence electrons. The van der Waals surface area contributed by atoms with E-state index in [9.17, 15) is 4.79 Å². The molecule has 1 atom stereocenters. The van der Waals surface area contributed by atoms with Crippen LogP contribution in [0.5, 0.6) is 0 Å². The predicted molar refractivity (Wildman–Crippen MR) is 52.6 cm³/mol. The van der Waals surface area contributed by atoms with Crippen LogP contribution in [-0.4, -0.2) is 25.8 Å². The van der Waals surface area contributed by atoms with E-state index in [2.05, 4.69) is 16.6 Å². The Morgan fingerprint density at radius 3 is 3.07 bits per heavy atom. The van der Waals surface area contributed by atoms with Crippen LogP contribution in [0.1, 0.15) is 32.1 Å². The third-order valence-corrected chi connectivity index (χ3v) is 2.24. The average Bonchev–Trinajstić information content (AvgIpc) is 2.25. The number of rotatable bonds is 2. The maximum absolute atomic E-state index is 10.6. The van der Waals surface area contributed by atoms with Crippen molar-refractivity contribution in [1.82, 2.24) is 0 Å². The van der Waals surface area contributed by atoms with Gasteiger partial charge in [0.15, 0.2) is 0 Å². The van der Waals surface area contributed by atoms with E-state index in [1.54, 1.807) is 0 Å². The molecule has 1 fully saturated rings. The number of esters is 1. The summed E-state index contributed by atoms with van der Waals surface area (Å²) in [6.07, 6.45) is 5.51. The first-order valence-electron chi connectivity index (χ1n) is 5.01. The minimum absolute atomic E-state index is 0.343. The first kappa shape index (κ1) is 11.1. The van der Waals surface area contributed by atoms with Crippen molar-refractivity contribution >= 4 is 5.97 Å². The molecule has 0 aromatic carbocycles. The van der Waals surface area contributed by atoms with E-state index in [-0.39, 0.29) is 0 Å². The van der Waals surface area contributed by atoms with E-state index < -0.39 is 5.97 Å². The first-order chi connectivity index (χ1) is 6.83. The molecule has 3 heteroatoms. The lowest BCUT2D eigenvalue weighted by atomic mass is 10.1. The lowest BCUT2D eigenvalue weighted by molar-refractivity contribution is -0.133. The molecule has 1 heterocycles. The zero-order valence-electron chi connectivity index (χ0n) is 8.54. The summed E-state index contributed by atoms with van der Waals surface area (Å²) in [5.41, 5.74) is 0. The number of carbonyl (C=O) groups is 1. The van der Waals surface area contributed by atoms with Gasteiger partial charge in [0.25, 0.3) is 0 Å². The Hall–Kier alpha value is -1.01. The number of methoxy groups -OCH3 is 1. The van der Waals surface area contributed by atoms with Crippen LogP contribution >= 0.6 is 0 Å². The van der Waals surface area contributed by atoms with Crippen LogP contribution in [0.15, 0.2) is 0 Å². The predicted octanol–water partition coefficient (Wildman–Crippen LogP) is 1.51. The second-order valence-electron chi connectivity index (χ2n) is 3.32. The molecule has 0 bridgehead atoms. The average molecular weight is 196 g/mol. The molecule has 0 aromatic rings. The summed E-state index contributed by atoms with van der Waals surface area (Å²) in [5.74, 6) is 4.72. The van der Waals surface area contributed by atoms with Crippen LogP contribution in [-0.2, 0) is 14.3 Å². The van der Waals surface area contributed by atoms with Crippen molar-refractivity contribution in [2.75, 3.05) is 13.7 Å². The van der Waals surface area contributed by atoms with Gasteiger partial charge in [-0.05, 0) is 25.7 Å². The largest absolute Gasteiger partial charge is 0.459 e. The molecule has 0 N–H and O–H groups in total. The van der Waals surface area contributed by atoms with Crippen molar-refractivity contribution in [1.29, 1.82) is 0 Å². The second kappa shape index (κ2) is 6.44. The van der Waals surface area contributed by atoms with Crippen LogP contribution in [0.2, 0.25) is 0 Å². The maximum Gasteiger partial charge on any atom is 0.384 e. The molecule has 0 aromatic heterocycles. The van der Waals surface area contributed by atoms with E-state index in [1.807, 2.05) is 0 Å². The van der Waals surface area contributed by atoms with Crippen LogP contribution in [0.3, 0.4) is 0 Å². The van der Waals surface area contributed by atoms with E-state index in [0.717, 1.165) is 19.4 Å². The highest BCUT2D eigenvalue weighted by molar-refractivity contribution is 5.88. The van der Waals surface area contributed by atoms with Gasteiger partial charge in [-0.2, -0.15) is 0 Å². The molecule has 14 heavy (non-hydrogen) atoms. The SMILES string of the molecule is COC(=O)C#CCCC1CCCCO1. The molecule has 0 aliphatic carbocycles. The van der Waals surface area contributed by atoms with Gasteiger partial charge in [0.05, 0.1) is 13.2 Å². The molecular formula is C11H16O3. The molecule has 3 nitrogen and oxygen atoms in total. The van der Waals surface area contributed by atoms with Crippen LogP contribution in [0.4, 0.5) is 0 Å². The Morgan fingerprint density at radius 2 is 2.43 bits per heavy atom. The summed E-state index contributed by atoms with van der Waals surface area (Å²) in [4.78, 5) is 10.6. The molecule has 0 saturated carbocycles. The third kappa shape index (κ3) is 4.29. The van der Waals surface area contributed by atoms with Crippen LogP contribution < -0.4 is 0 Å². The summed E-state index contributed by atoms with van der Waals surface area (Å²) < 4.78 is 9.93. The lowest BCUT2D eigenvalue weighted by Crippen LogP contribution is -2.18. The summed E-state index contributed by atoms with van der Waals surface area (Å²) in [5, 5.41) is 0. The molecule has 1 unspecified atom stereocenters. The van der Waals surface area contributed by atoms with E-state index in [1.165, 1.54) is 20.0 Å². The number of ether oxygens (including phenoxy) is 2. The van der Waals surface area contributed by atoms with E-state index >= 15 is 0 Å². The van der Waals surface area contributed by atoms with Gasteiger partial charge in [-0.15, -0.1) is 0 Å². The number of hydrogen-bond acceptors (Lipinski definition) is 3. The lowest BCUT2D eigenvalue weighted by Gasteiger charge is -2.21. The summed E-state index contributed by atoms with van der Waals surface area (Å²) in [6, 6.07) is 0. The molecule has 1 saturated heterocycles. The third-order valence-electron chi connectivity index (χ3n) is 2.24. The maximum atomic E-state index is 10.6. The molecule has 1 rings (SSSR count). The Balaban J connectivity index is 2.12. The van der Waals surface area contributed by atoms with E-state index in [4.69, 9.17) is 4.74 Å². The number of hydrogen-bond donors (Lipinski definition) is 0. The molecule has 1 aliphatic rings. The summed E-state index contributed by atoms with van der Waals surface area (Å²) >= 11 is 0. The van der Waals surface area contributed by atoms with Gasteiger partial charge in [-0.1, -0.05) is 5.92 Å². The van der Waals surface area contributed by atoms with Gasteiger partial charge in [-0.3, -0.25) is 0 Å². The Morgan fingerprint density at radius 1 is 1.57 bits per heavy atom. The van der Waals surface area contributed by atoms with Crippen molar-refractivity contribution in [3.05, 3.63) is 0 Å². The zero-order valence-corrected chi connectivity index (χ0v) is 8.54. The quantitative estimate of drug-likeness (QED) is 0.381. The highest BCUT2D eigenvalue weighted by Crippen LogP contribution is 2.16. The highest BCUT2D eigenvalue weighted by atomic mass is 16.5. The van der Waals surface area contributed by atoms with Crippen LogP contribution in [0, 0.1) is 11.8 Å². The molecular weight excluding hydrogens is 180 g/mol. The zero-order chi connectivity index (χ0) is 10.2. The fourth-order valence-corrected chi connectivity index (χ4v) is 1.45. The normalized spacial score (nSPS) is 20.8. The van der Waals surface area contributed by atoms with Crippen molar-refractivity contribution < 1.29 is 14.3 Å². The fraction of sp³-hybridized carbons (Fsp3) is 0.727. The molecule has 0 amide bonds. The summed E-state index contributed by atoms with van der Waals surface area (Å²) in [7, 11) is 1.33. The van der Waals surface area contributed by atoms with Crippen molar-refractivity contribution in [2.24, 2.45) is 0 Å². The second-order valence-corrected chi connectivity index (χ2v) is 3.32. The molecule has 0 spiro atoms. The topological polar surface area (TPSA) is 35.5 Å². The highest BCUT2D eigenvalue weighted by Gasteiger charge is 2.12. The van der Waals surface area contributed by atoms with Gasteiger partial charge in [0.1, 0.15) is 0 Å². The monoisotopic (exact) mass is 196 g/mol. The molecule has 1 aliphatic heterocycles. The van der Waals surface area contributed by atoms with Gasteiger partial charge in [0, 0.05) is 18.9 Å². The smallest absolute Gasteiger partial charge is 0.384 e. The van der Waals surface area contributed by atoms with E-state index in [0.29, 0.717) is 12.5 Å². The minimum Gasteiger partial charge on any atom is -0.459 e. The van der Waals surface area contributed by atoms with Crippen LogP contribution in [0.25, 0.3) is 0 Å². The fourth-order valence-electron chi connectivity index (χ4n) is 1.45. The van der Waals surface area contributed by atoms with Crippen molar-refractivity contribution in [3.8, 4) is 11.8 Å². The van der Waals surface area contributed by atoms with Gasteiger partial charge in [0.2, 0.25) is 0 Å². The van der Waals surface area contributed by atoms with Crippen molar-refractivity contribution in [3.63, 3.8) is 0 Å². The standard InChI is InChI=1S/C11H16O3/c1-13-11(12)8-3-2-6-10-7-4-5-9-14-10/h10H,2,4-7,9H2,1H3. The Labute approximate surface area is 84.8 Å². The summed E-state index contributed by atoms with van der Waals surface area (Å²) in [6.45, 7) is 0.870. The Kier molecular flexibility index (Phi) is 5.09. The van der Waals surface area contributed by atoms with Gasteiger partial charge >= 0.3 is 5.97 Å². The van der Waals surface area contributed by atoms with Gasteiger partial charge < -0.3 is 9.47 Å². The number of carbonyl (C=O) groups excluding carboxylic acids is 1. The van der Waals surface area contributed by atoms with Gasteiger partial charge in [-0.25, -0.2) is 4.79 Å².